The highest BCUT2D eigenvalue weighted by Crippen LogP contribution is 2.23. The fourth-order valence-electron chi connectivity index (χ4n) is 3.13. The van der Waals surface area contributed by atoms with Crippen LogP contribution in [0.15, 0.2) is 48.5 Å². The molecule has 4 heteroatoms. The normalized spacial score (nSPS) is 15.0. The van der Waals surface area contributed by atoms with Crippen molar-refractivity contribution in [3.63, 3.8) is 0 Å². The number of nitrogens with zero attached hydrogens (tertiary/aromatic N) is 1. The summed E-state index contributed by atoms with van der Waals surface area (Å²) in [5.41, 5.74) is 3.13. The van der Waals surface area contributed by atoms with Crippen molar-refractivity contribution in [2.24, 2.45) is 0 Å². The van der Waals surface area contributed by atoms with Gasteiger partial charge in [0.15, 0.2) is 6.10 Å². The molecule has 2 aromatic carbocycles. The van der Waals surface area contributed by atoms with Crippen molar-refractivity contribution in [3.8, 4) is 5.75 Å². The van der Waals surface area contributed by atoms with Crippen molar-refractivity contribution in [1.29, 1.82) is 0 Å². The molecule has 1 saturated heterocycles. The predicted molar refractivity (Wildman–Crippen MR) is 102 cm³/mol. The second-order valence-corrected chi connectivity index (χ2v) is 6.45. The van der Waals surface area contributed by atoms with Gasteiger partial charge in [-0.2, -0.15) is 0 Å². The van der Waals surface area contributed by atoms with Crippen LogP contribution in [-0.4, -0.2) is 25.1 Å². The molecule has 0 aromatic heterocycles. The van der Waals surface area contributed by atoms with Crippen molar-refractivity contribution in [2.45, 2.75) is 39.2 Å². The van der Waals surface area contributed by atoms with E-state index in [1.54, 1.807) is 6.92 Å². The number of para-hydroxylation sites is 1. The number of carbonyl (C=O) groups excluding carboxylic acids is 1. The van der Waals surface area contributed by atoms with Crippen molar-refractivity contribution >= 4 is 17.3 Å². The van der Waals surface area contributed by atoms with Crippen LogP contribution in [0.1, 0.15) is 32.3 Å². The highest BCUT2D eigenvalue weighted by atomic mass is 16.5. The summed E-state index contributed by atoms with van der Waals surface area (Å²) in [5, 5.41) is 2.93. The molecule has 1 atom stereocenters. The Balaban J connectivity index is 1.59. The van der Waals surface area contributed by atoms with Gasteiger partial charge in [-0.1, -0.05) is 25.1 Å². The van der Waals surface area contributed by atoms with Gasteiger partial charge >= 0.3 is 0 Å². The molecule has 132 valence electrons. The third-order valence-electron chi connectivity index (χ3n) is 4.63. The number of ether oxygens (including phenoxy) is 1. The van der Waals surface area contributed by atoms with Crippen LogP contribution in [0.5, 0.6) is 5.75 Å². The number of amides is 1. The summed E-state index contributed by atoms with van der Waals surface area (Å²) in [5.74, 6) is 0.636. The van der Waals surface area contributed by atoms with Gasteiger partial charge in [-0.05, 0) is 62.1 Å². The van der Waals surface area contributed by atoms with E-state index < -0.39 is 6.10 Å². The number of rotatable bonds is 6. The van der Waals surface area contributed by atoms with Gasteiger partial charge in [0.2, 0.25) is 0 Å². The standard InChI is InChI=1S/C21H26N2O2/c1-3-17-8-4-5-9-20(17)25-16(2)21(24)22-18-10-12-19(13-11-18)23-14-6-7-15-23/h4-5,8-13,16H,3,6-7,14-15H2,1-2H3,(H,22,24). The first-order valence-electron chi connectivity index (χ1n) is 9.08. The average molecular weight is 338 g/mol. The molecule has 1 N–H and O–H groups in total. The molecule has 1 aliphatic rings. The Morgan fingerprint density at radius 2 is 1.80 bits per heavy atom. The minimum absolute atomic E-state index is 0.139. The molecule has 1 fully saturated rings. The number of nitrogens with one attached hydrogen (secondary N) is 1. The molecule has 1 heterocycles. The number of benzene rings is 2. The number of carbonyl (C=O) groups is 1. The summed E-state index contributed by atoms with van der Waals surface area (Å²) in [6, 6.07) is 15.9. The summed E-state index contributed by atoms with van der Waals surface area (Å²) in [4.78, 5) is 14.8. The maximum atomic E-state index is 12.4. The van der Waals surface area contributed by atoms with Crippen LogP contribution in [0, 0.1) is 0 Å². The number of anilines is 2. The van der Waals surface area contributed by atoms with Crippen LogP contribution in [0.25, 0.3) is 0 Å². The van der Waals surface area contributed by atoms with Gasteiger partial charge in [0, 0.05) is 24.5 Å². The minimum Gasteiger partial charge on any atom is -0.481 e. The molecule has 2 aromatic rings. The van der Waals surface area contributed by atoms with Crippen molar-refractivity contribution in [2.75, 3.05) is 23.3 Å². The van der Waals surface area contributed by atoms with E-state index in [2.05, 4.69) is 29.3 Å². The molecule has 3 rings (SSSR count). The lowest BCUT2D eigenvalue weighted by molar-refractivity contribution is -0.122. The number of hydrogen-bond acceptors (Lipinski definition) is 3. The molecule has 0 bridgehead atoms. The van der Waals surface area contributed by atoms with Gasteiger partial charge in [-0.3, -0.25) is 4.79 Å². The van der Waals surface area contributed by atoms with Crippen molar-refractivity contribution < 1.29 is 9.53 Å². The molecule has 0 radical (unpaired) electrons. The highest BCUT2D eigenvalue weighted by Gasteiger charge is 2.17. The maximum Gasteiger partial charge on any atom is 0.265 e. The van der Waals surface area contributed by atoms with Gasteiger partial charge < -0.3 is 15.0 Å². The van der Waals surface area contributed by atoms with Crippen LogP contribution in [0.4, 0.5) is 11.4 Å². The molecule has 0 saturated carbocycles. The summed E-state index contributed by atoms with van der Waals surface area (Å²) in [6.07, 6.45) is 2.84. The third-order valence-corrected chi connectivity index (χ3v) is 4.63. The number of hydrogen-bond donors (Lipinski definition) is 1. The van der Waals surface area contributed by atoms with Crippen LogP contribution in [0.2, 0.25) is 0 Å². The van der Waals surface area contributed by atoms with Gasteiger partial charge in [0.25, 0.3) is 5.91 Å². The quantitative estimate of drug-likeness (QED) is 0.856. The average Bonchev–Trinajstić information content (AvgIpc) is 3.17. The summed E-state index contributed by atoms with van der Waals surface area (Å²) in [6.45, 7) is 6.09. The Morgan fingerprint density at radius 1 is 1.12 bits per heavy atom. The molecular formula is C21H26N2O2. The van der Waals surface area contributed by atoms with E-state index in [4.69, 9.17) is 4.74 Å². The summed E-state index contributed by atoms with van der Waals surface area (Å²) < 4.78 is 5.86. The highest BCUT2D eigenvalue weighted by molar-refractivity contribution is 5.94. The van der Waals surface area contributed by atoms with Gasteiger partial charge in [0.1, 0.15) is 5.75 Å². The van der Waals surface area contributed by atoms with Crippen molar-refractivity contribution in [1.82, 2.24) is 0 Å². The second-order valence-electron chi connectivity index (χ2n) is 6.45. The monoisotopic (exact) mass is 338 g/mol. The van der Waals surface area contributed by atoms with Crippen LogP contribution >= 0.6 is 0 Å². The Kier molecular flexibility index (Phi) is 5.59. The molecule has 4 nitrogen and oxygen atoms in total. The fourth-order valence-corrected chi connectivity index (χ4v) is 3.13. The molecule has 1 amide bonds. The lowest BCUT2D eigenvalue weighted by Crippen LogP contribution is -2.30. The topological polar surface area (TPSA) is 41.6 Å². The van der Waals surface area contributed by atoms with Gasteiger partial charge in [-0.25, -0.2) is 0 Å². The summed E-state index contributed by atoms with van der Waals surface area (Å²) >= 11 is 0. The largest absolute Gasteiger partial charge is 0.481 e. The lowest BCUT2D eigenvalue weighted by Gasteiger charge is -2.19. The first kappa shape index (κ1) is 17.3. The maximum absolute atomic E-state index is 12.4. The Morgan fingerprint density at radius 3 is 2.48 bits per heavy atom. The SMILES string of the molecule is CCc1ccccc1OC(C)C(=O)Nc1ccc(N2CCCC2)cc1. The van der Waals surface area contributed by atoms with E-state index in [0.29, 0.717) is 0 Å². The molecule has 0 aliphatic carbocycles. The zero-order valence-electron chi connectivity index (χ0n) is 15.0. The van der Waals surface area contributed by atoms with Gasteiger partial charge in [0.05, 0.1) is 0 Å². The van der Waals surface area contributed by atoms with E-state index in [9.17, 15) is 4.79 Å². The van der Waals surface area contributed by atoms with E-state index >= 15 is 0 Å². The van der Waals surface area contributed by atoms with E-state index in [1.807, 2.05) is 36.4 Å². The summed E-state index contributed by atoms with van der Waals surface area (Å²) in [7, 11) is 0. The Bertz CT molecular complexity index is 706. The first-order chi connectivity index (χ1) is 12.2. The van der Waals surface area contributed by atoms with E-state index in [1.165, 1.54) is 18.5 Å². The molecule has 1 aliphatic heterocycles. The number of aryl methyl sites for hydroxylation is 1. The van der Waals surface area contributed by atoms with E-state index in [0.717, 1.165) is 36.5 Å². The zero-order valence-corrected chi connectivity index (χ0v) is 15.0. The molecule has 25 heavy (non-hydrogen) atoms. The van der Waals surface area contributed by atoms with Crippen LogP contribution in [-0.2, 0) is 11.2 Å². The first-order valence-corrected chi connectivity index (χ1v) is 9.08. The molecule has 1 unspecified atom stereocenters. The molecule has 0 spiro atoms. The fraction of sp³-hybridized carbons (Fsp3) is 0.381. The van der Waals surface area contributed by atoms with E-state index in [-0.39, 0.29) is 5.91 Å². The minimum atomic E-state index is -0.550. The molecular weight excluding hydrogens is 312 g/mol. The van der Waals surface area contributed by atoms with Crippen LogP contribution in [0.3, 0.4) is 0 Å². The second kappa shape index (κ2) is 8.06. The smallest absolute Gasteiger partial charge is 0.265 e. The zero-order chi connectivity index (χ0) is 17.6. The Hall–Kier alpha value is -2.49. The van der Waals surface area contributed by atoms with Crippen molar-refractivity contribution in [3.05, 3.63) is 54.1 Å². The lowest BCUT2D eigenvalue weighted by atomic mass is 10.1. The van der Waals surface area contributed by atoms with Crippen LogP contribution < -0.4 is 15.0 Å². The third kappa shape index (κ3) is 4.32. The van der Waals surface area contributed by atoms with Gasteiger partial charge in [-0.15, -0.1) is 0 Å². The predicted octanol–water partition coefficient (Wildman–Crippen LogP) is 4.26. The Labute approximate surface area is 149 Å².